The fraction of sp³-hybridized carbons (Fsp3) is 0.857. The van der Waals surface area contributed by atoms with Gasteiger partial charge in [-0.25, -0.2) is 0 Å². The van der Waals surface area contributed by atoms with E-state index in [0.29, 0.717) is 6.23 Å². The van der Waals surface area contributed by atoms with Crippen molar-refractivity contribution in [2.45, 2.75) is 19.1 Å². The number of nitrogens with zero attached hydrogens (tertiary/aromatic N) is 1. The third kappa shape index (κ3) is 1.66. The highest BCUT2D eigenvalue weighted by Gasteiger charge is 2.16. The van der Waals surface area contributed by atoms with Gasteiger partial charge in [-0.3, -0.25) is 4.90 Å². The van der Waals surface area contributed by atoms with Crippen LogP contribution in [-0.4, -0.2) is 31.8 Å². The Morgan fingerprint density at radius 2 is 2.44 bits per heavy atom. The van der Waals surface area contributed by atoms with Gasteiger partial charge in [-0.2, -0.15) is 0 Å². The van der Waals surface area contributed by atoms with Crippen LogP contribution in [0, 0.1) is 6.42 Å². The first kappa shape index (κ1) is 7.03. The lowest BCUT2D eigenvalue weighted by atomic mass is 10.1. The molecule has 0 amide bonds. The van der Waals surface area contributed by atoms with E-state index < -0.39 is 0 Å². The van der Waals surface area contributed by atoms with Gasteiger partial charge in [0.15, 0.2) is 0 Å². The fourth-order valence-corrected chi connectivity index (χ4v) is 1.16. The average molecular weight is 128 g/mol. The molecule has 0 saturated carbocycles. The summed E-state index contributed by atoms with van der Waals surface area (Å²) >= 11 is 0. The summed E-state index contributed by atoms with van der Waals surface area (Å²) in [5, 5.41) is 0. The van der Waals surface area contributed by atoms with Crippen LogP contribution in [0.15, 0.2) is 0 Å². The van der Waals surface area contributed by atoms with Crippen LogP contribution >= 0.6 is 0 Å². The molecule has 1 aliphatic heterocycles. The number of rotatable bonds is 1. The van der Waals surface area contributed by atoms with Gasteiger partial charge in [0, 0.05) is 13.7 Å². The molecule has 0 aromatic rings. The Morgan fingerprint density at radius 3 is 2.89 bits per heavy atom. The Balaban J connectivity index is 2.30. The van der Waals surface area contributed by atoms with Gasteiger partial charge in [-0.1, -0.05) is 0 Å². The van der Waals surface area contributed by atoms with Gasteiger partial charge in [-0.05, 0) is 26.3 Å². The van der Waals surface area contributed by atoms with Gasteiger partial charge in [0.1, 0.15) is 6.23 Å². The second-order valence-electron chi connectivity index (χ2n) is 2.48. The summed E-state index contributed by atoms with van der Waals surface area (Å²) in [4.78, 5) is 2.24. The second kappa shape index (κ2) is 3.18. The standard InChI is InChI=1S/C7H14NO/c1-8-6-4-3-5-7(8)9-2/h3,7H,4-6H2,1-2H3. The fourth-order valence-electron chi connectivity index (χ4n) is 1.16. The Labute approximate surface area is 56.8 Å². The molecule has 9 heavy (non-hydrogen) atoms. The summed E-state index contributed by atoms with van der Waals surface area (Å²) in [7, 11) is 3.86. The molecule has 0 aromatic carbocycles. The number of hydrogen-bond acceptors (Lipinski definition) is 2. The second-order valence-corrected chi connectivity index (χ2v) is 2.48. The summed E-state index contributed by atoms with van der Waals surface area (Å²) < 4.78 is 5.20. The Bertz CT molecular complexity index is 85.0. The van der Waals surface area contributed by atoms with Crippen molar-refractivity contribution in [1.29, 1.82) is 0 Å². The summed E-state index contributed by atoms with van der Waals surface area (Å²) in [6.07, 6.45) is 4.90. The normalized spacial score (nSPS) is 30.7. The number of ether oxygens (including phenoxy) is 1. The molecule has 0 aliphatic carbocycles. The van der Waals surface area contributed by atoms with Crippen LogP contribution in [-0.2, 0) is 4.74 Å². The predicted octanol–water partition coefficient (Wildman–Crippen LogP) is 0.889. The number of hydrogen-bond donors (Lipinski definition) is 0. The minimum atomic E-state index is 0.332. The summed E-state index contributed by atoms with van der Waals surface area (Å²) in [6, 6.07) is 0. The summed E-state index contributed by atoms with van der Waals surface area (Å²) in [6.45, 7) is 1.14. The number of piperidine rings is 1. The van der Waals surface area contributed by atoms with E-state index in [1.54, 1.807) is 7.11 Å². The highest BCUT2D eigenvalue weighted by atomic mass is 16.5. The lowest BCUT2D eigenvalue weighted by molar-refractivity contribution is -0.0287. The molecule has 1 saturated heterocycles. The maximum atomic E-state index is 5.20. The highest BCUT2D eigenvalue weighted by molar-refractivity contribution is 4.78. The summed E-state index contributed by atoms with van der Waals surface area (Å²) in [5.74, 6) is 0. The zero-order chi connectivity index (χ0) is 6.69. The van der Waals surface area contributed by atoms with Crippen LogP contribution in [0.3, 0.4) is 0 Å². The van der Waals surface area contributed by atoms with E-state index in [9.17, 15) is 0 Å². The zero-order valence-electron chi connectivity index (χ0n) is 6.13. The van der Waals surface area contributed by atoms with Crippen LogP contribution in [0.5, 0.6) is 0 Å². The molecular weight excluding hydrogens is 114 g/mol. The van der Waals surface area contributed by atoms with Crippen LogP contribution < -0.4 is 0 Å². The molecule has 1 rings (SSSR count). The number of likely N-dealkylation sites (tertiary alicyclic amines) is 1. The average Bonchev–Trinajstić information content (AvgIpc) is 1.89. The Hall–Kier alpha value is -0.0800. The van der Waals surface area contributed by atoms with E-state index in [0.717, 1.165) is 13.0 Å². The van der Waals surface area contributed by atoms with E-state index in [1.807, 2.05) is 0 Å². The van der Waals surface area contributed by atoms with E-state index in [2.05, 4.69) is 18.4 Å². The molecule has 1 fully saturated rings. The molecule has 0 N–H and O–H groups in total. The summed E-state index contributed by atoms with van der Waals surface area (Å²) in [5.41, 5.74) is 0. The van der Waals surface area contributed by atoms with Gasteiger partial charge in [0.2, 0.25) is 0 Å². The van der Waals surface area contributed by atoms with Crippen molar-refractivity contribution in [2.75, 3.05) is 20.7 Å². The smallest absolute Gasteiger partial charge is 0.110 e. The molecule has 0 spiro atoms. The van der Waals surface area contributed by atoms with Crippen LogP contribution in [0.2, 0.25) is 0 Å². The molecule has 2 heteroatoms. The Kier molecular flexibility index (Phi) is 2.49. The van der Waals surface area contributed by atoms with E-state index in [-0.39, 0.29) is 0 Å². The topological polar surface area (TPSA) is 12.5 Å². The van der Waals surface area contributed by atoms with Gasteiger partial charge < -0.3 is 4.74 Å². The monoisotopic (exact) mass is 128 g/mol. The van der Waals surface area contributed by atoms with Gasteiger partial charge in [0.25, 0.3) is 0 Å². The zero-order valence-corrected chi connectivity index (χ0v) is 6.13. The first-order valence-electron chi connectivity index (χ1n) is 3.39. The van der Waals surface area contributed by atoms with Crippen molar-refractivity contribution in [3.63, 3.8) is 0 Å². The third-order valence-corrected chi connectivity index (χ3v) is 1.82. The molecule has 0 aromatic heterocycles. The van der Waals surface area contributed by atoms with Crippen LogP contribution in [0.1, 0.15) is 12.8 Å². The minimum absolute atomic E-state index is 0.332. The molecule has 53 valence electrons. The first-order valence-corrected chi connectivity index (χ1v) is 3.39. The molecule has 1 atom stereocenters. The van der Waals surface area contributed by atoms with Crippen molar-refractivity contribution >= 4 is 0 Å². The van der Waals surface area contributed by atoms with Crippen molar-refractivity contribution in [3.05, 3.63) is 6.42 Å². The lowest BCUT2D eigenvalue weighted by Gasteiger charge is -2.30. The molecule has 1 heterocycles. The van der Waals surface area contributed by atoms with Crippen LogP contribution in [0.4, 0.5) is 0 Å². The minimum Gasteiger partial charge on any atom is -0.366 e. The van der Waals surface area contributed by atoms with Gasteiger partial charge in [-0.15, -0.1) is 0 Å². The quantitative estimate of drug-likeness (QED) is 0.520. The highest BCUT2D eigenvalue weighted by Crippen LogP contribution is 2.13. The molecule has 1 radical (unpaired) electrons. The first-order chi connectivity index (χ1) is 4.34. The molecular formula is C7H14NO. The van der Waals surface area contributed by atoms with E-state index in [4.69, 9.17) is 4.74 Å². The molecule has 1 unspecified atom stereocenters. The largest absolute Gasteiger partial charge is 0.366 e. The molecule has 0 bridgehead atoms. The van der Waals surface area contributed by atoms with Crippen molar-refractivity contribution < 1.29 is 4.74 Å². The lowest BCUT2D eigenvalue weighted by Crippen LogP contribution is -2.37. The van der Waals surface area contributed by atoms with E-state index in [1.165, 1.54) is 6.42 Å². The van der Waals surface area contributed by atoms with Crippen molar-refractivity contribution in [1.82, 2.24) is 4.90 Å². The van der Waals surface area contributed by atoms with Gasteiger partial charge in [0.05, 0.1) is 0 Å². The molecule has 1 aliphatic rings. The van der Waals surface area contributed by atoms with Crippen molar-refractivity contribution in [3.8, 4) is 0 Å². The third-order valence-electron chi connectivity index (χ3n) is 1.82. The predicted molar refractivity (Wildman–Crippen MR) is 37.0 cm³/mol. The number of methoxy groups -OCH3 is 1. The SMILES string of the molecule is COC1C[CH]CCN1C. The van der Waals surface area contributed by atoms with Crippen molar-refractivity contribution in [2.24, 2.45) is 0 Å². The Morgan fingerprint density at radius 1 is 1.67 bits per heavy atom. The maximum Gasteiger partial charge on any atom is 0.110 e. The van der Waals surface area contributed by atoms with E-state index >= 15 is 0 Å². The molecule has 2 nitrogen and oxygen atoms in total. The maximum absolute atomic E-state index is 5.20. The van der Waals surface area contributed by atoms with Crippen LogP contribution in [0.25, 0.3) is 0 Å². The van der Waals surface area contributed by atoms with Gasteiger partial charge >= 0.3 is 0 Å².